The summed E-state index contributed by atoms with van der Waals surface area (Å²) in [4.78, 5) is 13.7. The van der Waals surface area contributed by atoms with Crippen LogP contribution in [-0.4, -0.2) is 30.7 Å². The van der Waals surface area contributed by atoms with E-state index in [1.54, 1.807) is 11.8 Å². The summed E-state index contributed by atoms with van der Waals surface area (Å²) in [6, 6.07) is 24.3. The summed E-state index contributed by atoms with van der Waals surface area (Å²) in [7, 11) is 0. The number of carbonyl (C=O) groups excluding carboxylic acids is 1. The van der Waals surface area contributed by atoms with Crippen molar-refractivity contribution < 1.29 is 14.6 Å². The fourth-order valence-electron chi connectivity index (χ4n) is 4.07. The number of amides is 1. The highest BCUT2D eigenvalue weighted by Crippen LogP contribution is 2.44. The minimum Gasteiger partial charge on any atom is -0.449 e. The Bertz CT molecular complexity index is 973. The van der Waals surface area contributed by atoms with Gasteiger partial charge in [0.1, 0.15) is 6.61 Å². The maximum absolute atomic E-state index is 12.6. The van der Waals surface area contributed by atoms with Crippen LogP contribution in [0.5, 0.6) is 0 Å². The molecule has 30 heavy (non-hydrogen) atoms. The Hall–Kier alpha value is -2.76. The molecular formula is C25H25NO3S. The van der Waals surface area contributed by atoms with Crippen molar-refractivity contribution in [2.75, 3.05) is 19.5 Å². The van der Waals surface area contributed by atoms with Gasteiger partial charge in [-0.3, -0.25) is 0 Å². The van der Waals surface area contributed by atoms with Crippen LogP contribution < -0.4 is 5.32 Å². The Morgan fingerprint density at radius 1 is 1.00 bits per heavy atom. The average Bonchev–Trinajstić information content (AvgIpc) is 3.11. The van der Waals surface area contributed by atoms with Crippen LogP contribution in [0.4, 0.5) is 4.79 Å². The van der Waals surface area contributed by atoms with Crippen molar-refractivity contribution in [3.05, 3.63) is 89.5 Å². The fraction of sp³-hybridized carbons (Fsp3) is 0.240. The number of thioether (sulfide) groups is 1. The number of carbonyl (C=O) groups is 1. The quantitative estimate of drug-likeness (QED) is 0.506. The number of aliphatic hydroxyl groups excluding tert-OH is 1. The Morgan fingerprint density at radius 3 is 2.17 bits per heavy atom. The van der Waals surface area contributed by atoms with E-state index in [0.29, 0.717) is 6.42 Å². The third kappa shape index (κ3) is 4.23. The number of hydrogen-bond acceptors (Lipinski definition) is 4. The van der Waals surface area contributed by atoms with Gasteiger partial charge < -0.3 is 15.2 Å². The molecule has 1 atom stereocenters. The first-order chi connectivity index (χ1) is 14.7. The molecule has 1 amide bonds. The van der Waals surface area contributed by atoms with Crippen molar-refractivity contribution in [2.45, 2.75) is 23.3 Å². The van der Waals surface area contributed by atoms with Crippen LogP contribution in [0.25, 0.3) is 11.1 Å². The predicted molar refractivity (Wildman–Crippen MR) is 121 cm³/mol. The first kappa shape index (κ1) is 20.5. The molecule has 0 fully saturated rings. The second-order valence-corrected chi connectivity index (χ2v) is 8.19. The lowest BCUT2D eigenvalue weighted by atomic mass is 9.98. The van der Waals surface area contributed by atoms with Gasteiger partial charge in [-0.05, 0) is 52.6 Å². The van der Waals surface area contributed by atoms with Gasteiger partial charge in [0.2, 0.25) is 0 Å². The molecule has 0 saturated heterocycles. The highest BCUT2D eigenvalue weighted by atomic mass is 32.2. The first-order valence-corrected chi connectivity index (χ1v) is 11.3. The van der Waals surface area contributed by atoms with Gasteiger partial charge in [0.15, 0.2) is 0 Å². The van der Waals surface area contributed by atoms with Crippen LogP contribution in [0.3, 0.4) is 0 Å². The number of fused-ring (bicyclic) bond motifs is 3. The predicted octanol–water partition coefficient (Wildman–Crippen LogP) is 5.37. The summed E-state index contributed by atoms with van der Waals surface area (Å²) >= 11 is 1.67. The van der Waals surface area contributed by atoms with E-state index in [0.717, 1.165) is 10.5 Å². The average molecular weight is 420 g/mol. The molecule has 0 unspecified atom stereocenters. The summed E-state index contributed by atoms with van der Waals surface area (Å²) in [5.41, 5.74) is 5.73. The molecule has 0 aliphatic heterocycles. The van der Waals surface area contributed by atoms with E-state index in [2.05, 4.69) is 29.6 Å². The summed E-state index contributed by atoms with van der Waals surface area (Å²) in [6.07, 6.45) is 1.99. The lowest BCUT2D eigenvalue weighted by Gasteiger charge is -2.20. The molecule has 0 spiro atoms. The fourth-order valence-corrected chi connectivity index (χ4v) is 4.48. The van der Waals surface area contributed by atoms with Crippen molar-refractivity contribution >= 4 is 17.9 Å². The molecule has 4 nitrogen and oxygen atoms in total. The van der Waals surface area contributed by atoms with Gasteiger partial charge >= 0.3 is 6.09 Å². The maximum atomic E-state index is 12.6. The van der Waals surface area contributed by atoms with E-state index in [-0.39, 0.29) is 25.2 Å². The summed E-state index contributed by atoms with van der Waals surface area (Å²) in [6.45, 7) is 0.260. The minimum absolute atomic E-state index is 0.0153. The zero-order valence-electron chi connectivity index (χ0n) is 16.9. The molecule has 1 aliphatic carbocycles. The molecule has 0 bridgehead atoms. The molecule has 0 saturated carbocycles. The normalized spacial score (nSPS) is 13.4. The SMILES string of the molecule is CSc1ccc([C@@H](CCO)NC(=O)OCC2c3ccccc3-c3ccccc32)cc1. The monoisotopic (exact) mass is 419 g/mol. The van der Waals surface area contributed by atoms with E-state index in [1.165, 1.54) is 22.3 Å². The molecule has 4 rings (SSSR count). The Kier molecular flexibility index (Phi) is 6.41. The van der Waals surface area contributed by atoms with Gasteiger partial charge in [-0.2, -0.15) is 0 Å². The number of nitrogens with one attached hydrogen (secondary N) is 1. The lowest BCUT2D eigenvalue weighted by molar-refractivity contribution is 0.136. The number of ether oxygens (including phenoxy) is 1. The summed E-state index contributed by atoms with van der Waals surface area (Å²) in [5, 5.41) is 12.4. The van der Waals surface area contributed by atoms with Gasteiger partial charge in [0, 0.05) is 17.4 Å². The van der Waals surface area contributed by atoms with Gasteiger partial charge in [-0.1, -0.05) is 60.7 Å². The minimum atomic E-state index is -0.468. The van der Waals surface area contributed by atoms with E-state index in [4.69, 9.17) is 4.74 Å². The van der Waals surface area contributed by atoms with E-state index < -0.39 is 6.09 Å². The highest BCUT2D eigenvalue weighted by molar-refractivity contribution is 7.98. The number of aliphatic hydroxyl groups is 1. The van der Waals surface area contributed by atoms with Crippen LogP contribution in [0.15, 0.2) is 77.7 Å². The van der Waals surface area contributed by atoms with E-state index >= 15 is 0 Å². The molecule has 154 valence electrons. The van der Waals surface area contributed by atoms with Crippen molar-refractivity contribution in [3.63, 3.8) is 0 Å². The largest absolute Gasteiger partial charge is 0.449 e. The van der Waals surface area contributed by atoms with Crippen LogP contribution in [0.2, 0.25) is 0 Å². The lowest BCUT2D eigenvalue weighted by Crippen LogP contribution is -2.31. The molecule has 0 radical (unpaired) electrons. The Morgan fingerprint density at radius 2 is 1.60 bits per heavy atom. The molecule has 2 N–H and O–H groups in total. The molecule has 3 aromatic rings. The number of hydrogen-bond donors (Lipinski definition) is 2. The van der Waals surface area contributed by atoms with E-state index in [9.17, 15) is 9.90 Å². The van der Waals surface area contributed by atoms with Crippen LogP contribution >= 0.6 is 11.8 Å². The third-order valence-corrected chi connectivity index (χ3v) is 6.32. The maximum Gasteiger partial charge on any atom is 0.407 e. The highest BCUT2D eigenvalue weighted by Gasteiger charge is 2.29. The number of benzene rings is 3. The van der Waals surface area contributed by atoms with Gasteiger partial charge in [0.05, 0.1) is 6.04 Å². The van der Waals surface area contributed by atoms with Crippen LogP contribution in [0.1, 0.15) is 35.1 Å². The third-order valence-electron chi connectivity index (χ3n) is 5.57. The van der Waals surface area contributed by atoms with Gasteiger partial charge in [-0.15, -0.1) is 11.8 Å². The van der Waals surface area contributed by atoms with Crippen LogP contribution in [-0.2, 0) is 4.74 Å². The van der Waals surface area contributed by atoms with Gasteiger partial charge in [0.25, 0.3) is 0 Å². The number of alkyl carbamates (subject to hydrolysis) is 1. The Labute approximate surface area is 181 Å². The van der Waals surface area contributed by atoms with Crippen molar-refractivity contribution in [1.82, 2.24) is 5.32 Å². The second-order valence-electron chi connectivity index (χ2n) is 7.31. The van der Waals surface area contributed by atoms with Crippen molar-refractivity contribution in [1.29, 1.82) is 0 Å². The van der Waals surface area contributed by atoms with Crippen molar-refractivity contribution in [3.8, 4) is 11.1 Å². The first-order valence-electron chi connectivity index (χ1n) is 10.1. The second kappa shape index (κ2) is 9.37. The molecule has 0 aromatic heterocycles. The molecule has 3 aromatic carbocycles. The smallest absolute Gasteiger partial charge is 0.407 e. The topological polar surface area (TPSA) is 58.6 Å². The summed E-state index contributed by atoms with van der Waals surface area (Å²) < 4.78 is 5.65. The molecule has 1 aliphatic rings. The van der Waals surface area contributed by atoms with Crippen LogP contribution in [0, 0.1) is 0 Å². The zero-order valence-corrected chi connectivity index (χ0v) is 17.7. The Balaban J connectivity index is 1.45. The molecular weight excluding hydrogens is 394 g/mol. The zero-order chi connectivity index (χ0) is 20.9. The van der Waals surface area contributed by atoms with Gasteiger partial charge in [-0.25, -0.2) is 4.79 Å². The standard InChI is InChI=1S/C25H25NO3S/c1-30-18-12-10-17(11-13-18)24(14-15-27)26-25(28)29-16-23-21-8-4-2-6-19(21)20-7-3-5-9-22(20)23/h2-13,23-24,27H,14-16H2,1H3,(H,26,28)/t24-/m1/s1. The molecule has 5 heteroatoms. The van der Waals surface area contributed by atoms with E-state index in [1.807, 2.05) is 54.8 Å². The summed E-state index contributed by atoms with van der Waals surface area (Å²) in [5.74, 6) is 0.0281. The molecule has 0 heterocycles. The van der Waals surface area contributed by atoms with Crippen molar-refractivity contribution in [2.24, 2.45) is 0 Å². The number of rotatable bonds is 7.